The van der Waals surface area contributed by atoms with E-state index in [1.54, 1.807) is 12.0 Å². The number of likely N-dealkylation sites (tertiary alicyclic amines) is 1. The molecule has 0 aromatic carbocycles. The number of carbonyl (C=O) groups is 1. The van der Waals surface area contributed by atoms with Crippen molar-refractivity contribution >= 4 is 17.5 Å². The summed E-state index contributed by atoms with van der Waals surface area (Å²) in [5.74, 6) is 0.590. The number of rotatable bonds is 3. The Labute approximate surface area is 183 Å². The zero-order chi connectivity index (χ0) is 22.3. The Morgan fingerprint density at radius 1 is 1.27 bits per heavy atom. The molecule has 1 saturated heterocycles. The number of ether oxygens (including phenoxy) is 2. The first kappa shape index (κ1) is 23.2. The molecule has 30 heavy (non-hydrogen) atoms. The van der Waals surface area contributed by atoms with Crippen LogP contribution in [0.2, 0.25) is 0 Å². The molecule has 2 aliphatic rings. The Bertz CT molecular complexity index is 780. The number of amides is 1. The van der Waals surface area contributed by atoms with Gasteiger partial charge in [0.15, 0.2) is 0 Å². The number of aromatic nitrogens is 1. The van der Waals surface area contributed by atoms with Crippen LogP contribution in [0.1, 0.15) is 71.6 Å². The first-order valence-corrected chi connectivity index (χ1v) is 11.7. The van der Waals surface area contributed by atoms with Crippen molar-refractivity contribution in [2.75, 3.05) is 20.2 Å². The average Bonchev–Trinajstić information content (AvgIpc) is 2.92. The maximum atomic E-state index is 13.0. The minimum atomic E-state index is -1.21. The van der Waals surface area contributed by atoms with Gasteiger partial charge in [0.2, 0.25) is 5.88 Å². The van der Waals surface area contributed by atoms with Gasteiger partial charge in [0.25, 0.3) is 0 Å². The molecule has 1 amide bonds. The number of piperidine rings is 1. The number of hydrogen-bond acceptors (Lipinski definition) is 6. The van der Waals surface area contributed by atoms with E-state index in [1.165, 1.54) is 5.56 Å². The molecule has 2 atom stereocenters. The SMILES string of the molecule is COc1cc2c(cn1)[C@@H](N[S+]([O-])C(C)(C)C)C1(CCN(C(=O)OC(C)(C)C)CC1)C2. The highest BCUT2D eigenvalue weighted by molar-refractivity contribution is 7.90. The second-order valence-corrected chi connectivity index (χ2v) is 12.4. The van der Waals surface area contributed by atoms with Crippen LogP contribution in [0.4, 0.5) is 4.79 Å². The number of carbonyl (C=O) groups excluding carboxylic acids is 1. The summed E-state index contributed by atoms with van der Waals surface area (Å²) >= 11 is -1.21. The van der Waals surface area contributed by atoms with E-state index >= 15 is 0 Å². The van der Waals surface area contributed by atoms with E-state index in [4.69, 9.17) is 9.47 Å². The molecule has 2 heterocycles. The number of methoxy groups -OCH3 is 1. The van der Waals surface area contributed by atoms with E-state index in [1.807, 2.05) is 53.8 Å². The van der Waals surface area contributed by atoms with Crippen molar-refractivity contribution in [3.63, 3.8) is 0 Å². The van der Waals surface area contributed by atoms with E-state index in [2.05, 4.69) is 9.71 Å². The van der Waals surface area contributed by atoms with Gasteiger partial charge in [-0.05, 0) is 71.9 Å². The molecule has 0 saturated carbocycles. The normalized spacial score (nSPS) is 22.0. The lowest BCUT2D eigenvalue weighted by Crippen LogP contribution is -2.51. The highest BCUT2D eigenvalue weighted by Crippen LogP contribution is 2.53. The lowest BCUT2D eigenvalue weighted by Gasteiger charge is -2.43. The predicted molar refractivity (Wildman–Crippen MR) is 118 cm³/mol. The first-order chi connectivity index (χ1) is 13.8. The molecule has 7 nitrogen and oxygen atoms in total. The van der Waals surface area contributed by atoms with Gasteiger partial charge in [0.1, 0.15) is 10.3 Å². The van der Waals surface area contributed by atoms with Crippen molar-refractivity contribution in [3.05, 3.63) is 23.4 Å². The summed E-state index contributed by atoms with van der Waals surface area (Å²) in [6.07, 6.45) is 4.05. The Hall–Kier alpha value is -1.51. The lowest BCUT2D eigenvalue weighted by molar-refractivity contribution is 0.00715. The van der Waals surface area contributed by atoms with E-state index in [9.17, 15) is 9.35 Å². The van der Waals surface area contributed by atoms with Crippen molar-refractivity contribution in [3.8, 4) is 5.88 Å². The molecule has 1 fully saturated rings. The van der Waals surface area contributed by atoms with Gasteiger partial charge in [0.05, 0.1) is 13.2 Å². The molecule has 8 heteroatoms. The Balaban J connectivity index is 1.83. The van der Waals surface area contributed by atoms with Crippen LogP contribution in [-0.4, -0.2) is 51.1 Å². The van der Waals surface area contributed by atoms with Crippen LogP contribution in [0.25, 0.3) is 0 Å². The summed E-state index contributed by atoms with van der Waals surface area (Å²) in [5.41, 5.74) is 1.64. The Morgan fingerprint density at radius 3 is 2.43 bits per heavy atom. The maximum absolute atomic E-state index is 13.0. The van der Waals surface area contributed by atoms with Gasteiger partial charge in [-0.2, -0.15) is 0 Å². The van der Waals surface area contributed by atoms with Crippen LogP contribution in [0, 0.1) is 5.41 Å². The smallest absolute Gasteiger partial charge is 0.410 e. The largest absolute Gasteiger partial charge is 0.598 e. The lowest BCUT2D eigenvalue weighted by atomic mass is 9.73. The molecule has 1 aliphatic carbocycles. The summed E-state index contributed by atoms with van der Waals surface area (Å²) in [7, 11) is 1.61. The summed E-state index contributed by atoms with van der Waals surface area (Å²) in [4.78, 5) is 18.7. The van der Waals surface area contributed by atoms with Gasteiger partial charge in [-0.15, -0.1) is 4.72 Å². The van der Waals surface area contributed by atoms with Crippen molar-refractivity contribution in [2.45, 2.75) is 77.2 Å². The van der Waals surface area contributed by atoms with E-state index < -0.39 is 17.0 Å². The molecular formula is C22H35N3O4S. The molecule has 0 bridgehead atoms. The minimum Gasteiger partial charge on any atom is -0.598 e. The molecule has 1 aliphatic heterocycles. The van der Waals surface area contributed by atoms with Gasteiger partial charge < -0.3 is 18.9 Å². The third kappa shape index (κ3) is 4.86. The van der Waals surface area contributed by atoms with Crippen LogP contribution in [0.3, 0.4) is 0 Å². The Kier molecular flexibility index (Phi) is 6.33. The zero-order valence-electron chi connectivity index (χ0n) is 19.2. The number of nitrogens with zero attached hydrogens (tertiary/aromatic N) is 2. The molecule has 1 aromatic heterocycles. The number of hydrogen-bond donors (Lipinski definition) is 1. The van der Waals surface area contributed by atoms with Crippen LogP contribution >= 0.6 is 0 Å². The second-order valence-electron chi connectivity index (χ2n) is 10.4. The fourth-order valence-corrected chi connectivity index (χ4v) is 5.17. The van der Waals surface area contributed by atoms with Crippen molar-refractivity contribution in [2.24, 2.45) is 5.41 Å². The van der Waals surface area contributed by atoms with Gasteiger partial charge in [0, 0.05) is 42.1 Å². The molecule has 1 aromatic rings. The van der Waals surface area contributed by atoms with Crippen LogP contribution in [0.5, 0.6) is 5.88 Å². The standard InChI is InChI=1S/C22H35N3O4S/c1-20(2,3)29-19(26)25-10-8-22(9-11-25)13-15-12-17(28-7)23-14-16(15)18(22)24-30(27)21(4,5)6/h12,14,18,24H,8-11,13H2,1-7H3/t18-,30?/m1/s1. The van der Waals surface area contributed by atoms with Gasteiger partial charge in [-0.25, -0.2) is 9.78 Å². The molecule has 1 unspecified atom stereocenters. The zero-order valence-corrected chi connectivity index (χ0v) is 20.0. The first-order valence-electron chi connectivity index (χ1n) is 10.5. The molecule has 1 spiro atoms. The molecule has 0 radical (unpaired) electrons. The molecule has 1 N–H and O–H groups in total. The van der Waals surface area contributed by atoms with Gasteiger partial charge >= 0.3 is 6.09 Å². The summed E-state index contributed by atoms with van der Waals surface area (Å²) < 4.78 is 26.9. The number of fused-ring (bicyclic) bond motifs is 1. The van der Waals surface area contributed by atoms with Gasteiger partial charge in [-0.1, -0.05) is 0 Å². The summed E-state index contributed by atoms with van der Waals surface area (Å²) in [6.45, 7) is 12.8. The topological polar surface area (TPSA) is 86.8 Å². The van der Waals surface area contributed by atoms with E-state index in [0.29, 0.717) is 19.0 Å². The van der Waals surface area contributed by atoms with E-state index in [0.717, 1.165) is 24.8 Å². The quantitative estimate of drug-likeness (QED) is 0.725. The molecular weight excluding hydrogens is 402 g/mol. The maximum Gasteiger partial charge on any atom is 0.410 e. The summed E-state index contributed by atoms with van der Waals surface area (Å²) in [6, 6.07) is 1.91. The summed E-state index contributed by atoms with van der Waals surface area (Å²) in [5, 5.41) is 0. The molecule has 3 rings (SSSR count). The van der Waals surface area contributed by atoms with Crippen molar-refractivity contribution in [1.82, 2.24) is 14.6 Å². The number of nitrogens with one attached hydrogen (secondary N) is 1. The monoisotopic (exact) mass is 437 g/mol. The minimum absolute atomic E-state index is 0.0771. The molecule has 168 valence electrons. The second kappa shape index (κ2) is 8.20. The fraction of sp³-hybridized carbons (Fsp3) is 0.727. The fourth-order valence-electron chi connectivity index (χ4n) is 4.22. The van der Waals surface area contributed by atoms with Crippen molar-refractivity contribution < 1.29 is 18.8 Å². The predicted octanol–water partition coefficient (Wildman–Crippen LogP) is 3.76. The highest BCUT2D eigenvalue weighted by atomic mass is 32.2. The van der Waals surface area contributed by atoms with Crippen LogP contribution in [-0.2, 0) is 22.5 Å². The average molecular weight is 438 g/mol. The van der Waals surface area contributed by atoms with Gasteiger partial charge in [-0.3, -0.25) is 0 Å². The number of pyridine rings is 1. The van der Waals surface area contributed by atoms with Crippen LogP contribution < -0.4 is 9.46 Å². The highest BCUT2D eigenvalue weighted by Gasteiger charge is 2.51. The van der Waals surface area contributed by atoms with E-state index in [-0.39, 0.29) is 22.3 Å². The van der Waals surface area contributed by atoms with Crippen molar-refractivity contribution in [1.29, 1.82) is 0 Å². The van der Waals surface area contributed by atoms with Crippen LogP contribution in [0.15, 0.2) is 12.3 Å². The Morgan fingerprint density at radius 2 is 1.90 bits per heavy atom. The third-order valence-electron chi connectivity index (χ3n) is 5.87. The third-order valence-corrected chi connectivity index (χ3v) is 7.43.